The van der Waals surface area contributed by atoms with Crippen molar-refractivity contribution in [3.05, 3.63) is 0 Å². The van der Waals surface area contributed by atoms with E-state index >= 15 is 0 Å². The SMILES string of the molecule is CC1CN(C)N=CS1. The summed E-state index contributed by atoms with van der Waals surface area (Å²) in [6.45, 7) is 3.27. The zero-order valence-electron chi connectivity index (χ0n) is 5.16. The molecule has 1 atom stereocenters. The fourth-order valence-corrected chi connectivity index (χ4v) is 1.40. The fraction of sp³-hybridized carbons (Fsp3) is 0.800. The second-order valence-corrected chi connectivity index (χ2v) is 3.30. The van der Waals surface area contributed by atoms with Crippen molar-refractivity contribution in [3.8, 4) is 0 Å². The molecule has 1 rings (SSSR count). The van der Waals surface area contributed by atoms with Crippen molar-refractivity contribution >= 4 is 17.3 Å². The van der Waals surface area contributed by atoms with E-state index in [4.69, 9.17) is 0 Å². The van der Waals surface area contributed by atoms with E-state index in [1.807, 2.05) is 17.6 Å². The highest BCUT2D eigenvalue weighted by Crippen LogP contribution is 2.12. The molecule has 1 heterocycles. The predicted octanol–water partition coefficient (Wildman–Crippen LogP) is 0.997. The van der Waals surface area contributed by atoms with Gasteiger partial charge in [-0.2, -0.15) is 5.10 Å². The molecule has 0 radical (unpaired) electrons. The van der Waals surface area contributed by atoms with Crippen LogP contribution in [0.5, 0.6) is 0 Å². The van der Waals surface area contributed by atoms with Gasteiger partial charge in [0.05, 0.1) is 5.55 Å². The zero-order valence-corrected chi connectivity index (χ0v) is 5.98. The van der Waals surface area contributed by atoms with Gasteiger partial charge in [0.2, 0.25) is 0 Å². The van der Waals surface area contributed by atoms with Crippen molar-refractivity contribution in [1.82, 2.24) is 5.01 Å². The van der Waals surface area contributed by atoms with E-state index < -0.39 is 0 Å². The smallest absolute Gasteiger partial charge is 0.0802 e. The van der Waals surface area contributed by atoms with E-state index in [1.165, 1.54) is 0 Å². The Morgan fingerprint density at radius 3 is 3.00 bits per heavy atom. The average molecular weight is 130 g/mol. The molecule has 0 amide bonds. The summed E-state index contributed by atoms with van der Waals surface area (Å²) in [5, 5.41) is 6.72. The fourth-order valence-electron chi connectivity index (χ4n) is 0.674. The van der Waals surface area contributed by atoms with Gasteiger partial charge in [-0.05, 0) is 0 Å². The number of nitrogens with zero attached hydrogens (tertiary/aromatic N) is 2. The highest BCUT2D eigenvalue weighted by molar-refractivity contribution is 8.12. The third kappa shape index (κ3) is 1.40. The molecule has 2 nitrogen and oxygen atoms in total. The first-order chi connectivity index (χ1) is 3.79. The summed E-state index contributed by atoms with van der Waals surface area (Å²) in [6, 6.07) is 0. The molecule has 1 aliphatic rings. The molecule has 0 aromatic rings. The molecule has 8 heavy (non-hydrogen) atoms. The van der Waals surface area contributed by atoms with Crippen molar-refractivity contribution in [2.75, 3.05) is 13.6 Å². The molecule has 0 saturated heterocycles. The average Bonchev–Trinajstić information content (AvgIpc) is 1.64. The van der Waals surface area contributed by atoms with Gasteiger partial charge in [-0.15, -0.1) is 11.8 Å². The van der Waals surface area contributed by atoms with Gasteiger partial charge in [0, 0.05) is 18.8 Å². The Morgan fingerprint density at radius 2 is 2.62 bits per heavy atom. The predicted molar refractivity (Wildman–Crippen MR) is 38.2 cm³/mol. The van der Waals surface area contributed by atoms with Crippen molar-refractivity contribution in [1.29, 1.82) is 0 Å². The molecule has 0 bridgehead atoms. The minimum atomic E-state index is 0.706. The van der Waals surface area contributed by atoms with Gasteiger partial charge in [-0.1, -0.05) is 6.92 Å². The molecule has 0 aromatic carbocycles. The molecular weight excluding hydrogens is 120 g/mol. The Morgan fingerprint density at radius 1 is 1.88 bits per heavy atom. The minimum absolute atomic E-state index is 0.706. The molecule has 0 aliphatic carbocycles. The third-order valence-electron chi connectivity index (χ3n) is 1.06. The molecule has 0 spiro atoms. The van der Waals surface area contributed by atoms with Crippen LogP contribution in [0.25, 0.3) is 0 Å². The van der Waals surface area contributed by atoms with Gasteiger partial charge in [0.25, 0.3) is 0 Å². The highest BCUT2D eigenvalue weighted by Gasteiger charge is 2.06. The van der Waals surface area contributed by atoms with Crippen LogP contribution in [-0.4, -0.2) is 29.4 Å². The van der Waals surface area contributed by atoms with Gasteiger partial charge < -0.3 is 0 Å². The van der Waals surface area contributed by atoms with E-state index in [0.29, 0.717) is 5.25 Å². The van der Waals surface area contributed by atoms with Crippen LogP contribution in [-0.2, 0) is 0 Å². The third-order valence-corrected chi connectivity index (χ3v) is 1.89. The van der Waals surface area contributed by atoms with Crippen molar-refractivity contribution < 1.29 is 0 Å². The molecule has 0 N–H and O–H groups in total. The van der Waals surface area contributed by atoms with E-state index in [0.717, 1.165) is 6.54 Å². The van der Waals surface area contributed by atoms with Gasteiger partial charge in [0.1, 0.15) is 0 Å². The summed E-state index contributed by atoms with van der Waals surface area (Å²) in [5.41, 5.74) is 1.90. The summed E-state index contributed by atoms with van der Waals surface area (Å²) in [6.07, 6.45) is 0. The Balaban J connectivity index is 2.42. The molecule has 0 fully saturated rings. The Labute approximate surface area is 53.9 Å². The molecule has 1 aliphatic heterocycles. The number of thioether (sulfide) groups is 1. The molecule has 0 saturated carbocycles. The van der Waals surface area contributed by atoms with Crippen LogP contribution in [0, 0.1) is 0 Å². The van der Waals surface area contributed by atoms with Gasteiger partial charge in [-0.25, -0.2) is 0 Å². The highest BCUT2D eigenvalue weighted by atomic mass is 32.2. The quantitative estimate of drug-likeness (QED) is 0.486. The Kier molecular flexibility index (Phi) is 1.78. The van der Waals surface area contributed by atoms with Crippen molar-refractivity contribution in [2.45, 2.75) is 12.2 Å². The summed E-state index contributed by atoms with van der Waals surface area (Å²) in [7, 11) is 1.99. The number of rotatable bonds is 0. The maximum absolute atomic E-state index is 4.05. The zero-order chi connectivity index (χ0) is 5.98. The van der Waals surface area contributed by atoms with Gasteiger partial charge in [0.15, 0.2) is 0 Å². The van der Waals surface area contributed by atoms with E-state index in [-0.39, 0.29) is 0 Å². The van der Waals surface area contributed by atoms with Crippen LogP contribution in [0.3, 0.4) is 0 Å². The van der Waals surface area contributed by atoms with Gasteiger partial charge >= 0.3 is 0 Å². The monoisotopic (exact) mass is 130 g/mol. The molecule has 0 aromatic heterocycles. The first-order valence-corrected chi connectivity index (χ1v) is 3.62. The number of hydrazone groups is 1. The molecule has 46 valence electrons. The van der Waals surface area contributed by atoms with Crippen LogP contribution in [0.2, 0.25) is 0 Å². The largest absolute Gasteiger partial charge is 0.298 e. The molecular formula is C5H10N2S. The summed E-state index contributed by atoms with van der Waals surface area (Å²) in [4.78, 5) is 0. The second-order valence-electron chi connectivity index (χ2n) is 2.01. The van der Waals surface area contributed by atoms with E-state index in [2.05, 4.69) is 12.0 Å². The second kappa shape index (κ2) is 2.40. The van der Waals surface area contributed by atoms with E-state index in [9.17, 15) is 0 Å². The Hall–Kier alpha value is -0.180. The van der Waals surface area contributed by atoms with E-state index in [1.54, 1.807) is 11.8 Å². The Bertz CT molecular complexity index is 103. The topological polar surface area (TPSA) is 15.6 Å². The first kappa shape index (κ1) is 5.95. The lowest BCUT2D eigenvalue weighted by Crippen LogP contribution is -2.24. The summed E-state index contributed by atoms with van der Waals surface area (Å²) in [5.74, 6) is 0. The lowest BCUT2D eigenvalue weighted by Gasteiger charge is -2.20. The maximum atomic E-state index is 4.05. The van der Waals surface area contributed by atoms with Gasteiger partial charge in [-0.3, -0.25) is 5.01 Å². The van der Waals surface area contributed by atoms with Crippen LogP contribution in [0.15, 0.2) is 5.10 Å². The lowest BCUT2D eigenvalue weighted by atomic mass is 10.5. The van der Waals surface area contributed by atoms with Crippen LogP contribution < -0.4 is 0 Å². The standard InChI is InChI=1S/C5H10N2S/c1-5-3-7(2)6-4-8-5/h4-5H,3H2,1-2H3. The van der Waals surface area contributed by atoms with Crippen molar-refractivity contribution in [3.63, 3.8) is 0 Å². The number of hydrogen-bond donors (Lipinski definition) is 0. The van der Waals surface area contributed by atoms with Crippen molar-refractivity contribution in [2.24, 2.45) is 5.10 Å². The van der Waals surface area contributed by atoms with Crippen LogP contribution in [0.4, 0.5) is 0 Å². The van der Waals surface area contributed by atoms with Crippen LogP contribution in [0.1, 0.15) is 6.92 Å². The lowest BCUT2D eigenvalue weighted by molar-refractivity contribution is 0.358. The first-order valence-electron chi connectivity index (χ1n) is 2.68. The normalized spacial score (nSPS) is 28.8. The minimum Gasteiger partial charge on any atom is -0.298 e. The summed E-state index contributed by atoms with van der Waals surface area (Å²) >= 11 is 1.79. The molecule has 1 unspecified atom stereocenters. The maximum Gasteiger partial charge on any atom is 0.0802 e. The molecule has 3 heteroatoms. The summed E-state index contributed by atoms with van der Waals surface area (Å²) < 4.78 is 0. The van der Waals surface area contributed by atoms with Crippen LogP contribution >= 0.6 is 11.8 Å². The number of hydrogen-bond acceptors (Lipinski definition) is 3.